The van der Waals surface area contributed by atoms with Gasteiger partial charge in [-0.2, -0.15) is 5.10 Å². The number of nitrogens with zero attached hydrogens (tertiary/aromatic N) is 4. The van der Waals surface area contributed by atoms with Gasteiger partial charge in [-0.25, -0.2) is 9.97 Å². The Bertz CT molecular complexity index is 480. The Kier molecular flexibility index (Phi) is 3.37. The molecule has 0 fully saturated rings. The maximum Gasteiger partial charge on any atom is 0.147 e. The summed E-state index contributed by atoms with van der Waals surface area (Å²) in [7, 11) is 0. The zero-order chi connectivity index (χ0) is 11.5. The monoisotopic (exact) mass is 329 g/mol. The third-order valence-corrected chi connectivity index (χ3v) is 2.85. The molecule has 0 radical (unpaired) electrons. The average Bonchev–Trinajstić information content (AvgIpc) is 2.70. The molecule has 0 unspecified atom stereocenters. The fourth-order valence-electron chi connectivity index (χ4n) is 1.23. The Morgan fingerprint density at radius 1 is 1.38 bits per heavy atom. The highest BCUT2D eigenvalue weighted by molar-refractivity contribution is 14.1. The van der Waals surface area contributed by atoms with Crippen LogP contribution in [0.15, 0.2) is 24.9 Å². The molecule has 1 N–H and O–H groups in total. The van der Waals surface area contributed by atoms with Gasteiger partial charge in [-0.15, -0.1) is 0 Å². The summed E-state index contributed by atoms with van der Waals surface area (Å²) in [4.78, 5) is 8.10. The van der Waals surface area contributed by atoms with E-state index >= 15 is 0 Å². The van der Waals surface area contributed by atoms with E-state index in [-0.39, 0.29) is 0 Å². The minimum atomic E-state index is 0.361. The van der Waals surface area contributed by atoms with Crippen molar-refractivity contribution in [2.45, 2.75) is 19.9 Å². The first-order chi connectivity index (χ1) is 7.66. The predicted octanol–water partition coefficient (Wildman–Crippen LogP) is 2.60. The van der Waals surface area contributed by atoms with Crippen LogP contribution in [0.5, 0.6) is 0 Å². The van der Waals surface area contributed by atoms with Crippen LogP contribution in [-0.2, 0) is 0 Å². The number of nitrogens with one attached hydrogen (secondary N) is 1. The summed E-state index contributed by atoms with van der Waals surface area (Å²) in [6, 6.07) is 0.361. The lowest BCUT2D eigenvalue weighted by molar-refractivity contribution is 0.532. The predicted molar refractivity (Wildman–Crippen MR) is 70.6 cm³/mol. The van der Waals surface area contributed by atoms with Crippen LogP contribution in [0.25, 0.3) is 0 Å². The van der Waals surface area contributed by atoms with E-state index in [9.17, 15) is 0 Å². The molecule has 6 heteroatoms. The highest BCUT2D eigenvalue weighted by Gasteiger charge is 2.04. The number of halogens is 1. The lowest BCUT2D eigenvalue weighted by Crippen LogP contribution is -2.00. The van der Waals surface area contributed by atoms with Gasteiger partial charge in [0.2, 0.25) is 0 Å². The van der Waals surface area contributed by atoms with Gasteiger partial charge >= 0.3 is 0 Å². The number of hydrogen-bond acceptors (Lipinski definition) is 4. The maximum absolute atomic E-state index is 4.25. The van der Waals surface area contributed by atoms with E-state index in [2.05, 4.69) is 56.8 Å². The minimum absolute atomic E-state index is 0.361. The Morgan fingerprint density at radius 3 is 2.81 bits per heavy atom. The van der Waals surface area contributed by atoms with E-state index in [0.29, 0.717) is 6.04 Å². The average molecular weight is 329 g/mol. The summed E-state index contributed by atoms with van der Waals surface area (Å²) < 4.78 is 2.88. The third-order valence-electron chi connectivity index (χ3n) is 2.06. The van der Waals surface area contributed by atoms with Crippen molar-refractivity contribution >= 4 is 34.1 Å². The first kappa shape index (κ1) is 11.3. The lowest BCUT2D eigenvalue weighted by Gasteiger charge is -2.05. The van der Waals surface area contributed by atoms with Crippen LogP contribution in [0.4, 0.5) is 11.5 Å². The standard InChI is InChI=1S/C10H12IN5/c1-7(2)16-5-8(3-14-16)15-10-9(11)4-12-6-13-10/h3-7H,1-2H3,(H,12,13,15). The second-order valence-electron chi connectivity index (χ2n) is 3.65. The van der Waals surface area contributed by atoms with Crippen LogP contribution in [-0.4, -0.2) is 19.7 Å². The largest absolute Gasteiger partial charge is 0.337 e. The molecule has 2 aromatic heterocycles. The lowest BCUT2D eigenvalue weighted by atomic mass is 10.4. The zero-order valence-corrected chi connectivity index (χ0v) is 11.2. The smallest absolute Gasteiger partial charge is 0.147 e. The normalized spacial score (nSPS) is 10.8. The van der Waals surface area contributed by atoms with Gasteiger partial charge in [-0.05, 0) is 36.4 Å². The van der Waals surface area contributed by atoms with Crippen molar-refractivity contribution in [1.82, 2.24) is 19.7 Å². The number of anilines is 2. The van der Waals surface area contributed by atoms with Gasteiger partial charge in [-0.3, -0.25) is 4.68 Å². The molecule has 0 bridgehead atoms. The zero-order valence-electron chi connectivity index (χ0n) is 9.05. The molecule has 2 rings (SSSR count). The molecule has 5 nitrogen and oxygen atoms in total. The molecule has 0 saturated heterocycles. The van der Waals surface area contributed by atoms with Crippen LogP contribution in [0.2, 0.25) is 0 Å². The number of rotatable bonds is 3. The van der Waals surface area contributed by atoms with E-state index in [1.54, 1.807) is 12.4 Å². The van der Waals surface area contributed by atoms with Crippen molar-refractivity contribution in [3.8, 4) is 0 Å². The fourth-order valence-corrected chi connectivity index (χ4v) is 1.66. The molecule has 0 amide bonds. The Hall–Kier alpha value is -1.18. The van der Waals surface area contributed by atoms with Crippen molar-refractivity contribution in [2.24, 2.45) is 0 Å². The molecule has 0 aliphatic carbocycles. The first-order valence-electron chi connectivity index (χ1n) is 4.93. The van der Waals surface area contributed by atoms with Gasteiger partial charge in [0.1, 0.15) is 12.1 Å². The third kappa shape index (κ3) is 2.49. The molecular formula is C10H12IN5. The summed E-state index contributed by atoms with van der Waals surface area (Å²) >= 11 is 2.19. The summed E-state index contributed by atoms with van der Waals surface area (Å²) in [6.07, 6.45) is 7.04. The van der Waals surface area contributed by atoms with Crippen LogP contribution in [0.1, 0.15) is 19.9 Å². The molecule has 0 aromatic carbocycles. The van der Waals surface area contributed by atoms with Crippen molar-refractivity contribution in [3.05, 3.63) is 28.5 Å². The van der Waals surface area contributed by atoms with Crippen LogP contribution >= 0.6 is 22.6 Å². The highest BCUT2D eigenvalue weighted by Crippen LogP contribution is 2.19. The summed E-state index contributed by atoms with van der Waals surface area (Å²) in [5.74, 6) is 0.805. The molecular weight excluding hydrogens is 317 g/mol. The summed E-state index contributed by atoms with van der Waals surface area (Å²) in [6.45, 7) is 4.18. The summed E-state index contributed by atoms with van der Waals surface area (Å²) in [5.41, 5.74) is 0.935. The molecule has 2 aromatic rings. The molecule has 84 valence electrons. The molecule has 0 aliphatic heterocycles. The second-order valence-corrected chi connectivity index (χ2v) is 4.81. The van der Waals surface area contributed by atoms with Gasteiger partial charge in [0, 0.05) is 18.4 Å². The molecule has 0 spiro atoms. The minimum Gasteiger partial charge on any atom is -0.337 e. The van der Waals surface area contributed by atoms with Crippen LogP contribution in [0.3, 0.4) is 0 Å². The van der Waals surface area contributed by atoms with Gasteiger partial charge in [0.15, 0.2) is 0 Å². The van der Waals surface area contributed by atoms with Crippen LogP contribution in [0, 0.1) is 3.57 Å². The second kappa shape index (κ2) is 4.77. The van der Waals surface area contributed by atoms with Gasteiger partial charge in [0.25, 0.3) is 0 Å². The molecule has 0 aliphatic rings. The fraction of sp³-hybridized carbons (Fsp3) is 0.300. The molecule has 0 saturated carbocycles. The molecule has 2 heterocycles. The van der Waals surface area contributed by atoms with Gasteiger partial charge < -0.3 is 5.32 Å². The SMILES string of the molecule is CC(C)n1cc(Nc2ncncc2I)cn1. The van der Waals surface area contributed by atoms with E-state index in [1.165, 1.54) is 6.33 Å². The van der Waals surface area contributed by atoms with E-state index in [0.717, 1.165) is 15.1 Å². The van der Waals surface area contributed by atoms with Crippen LogP contribution < -0.4 is 5.32 Å². The highest BCUT2D eigenvalue weighted by atomic mass is 127. The van der Waals surface area contributed by atoms with Crippen molar-refractivity contribution in [1.29, 1.82) is 0 Å². The maximum atomic E-state index is 4.25. The Labute approximate surface area is 107 Å². The quantitative estimate of drug-likeness (QED) is 0.880. The van der Waals surface area contributed by atoms with Gasteiger partial charge in [-0.1, -0.05) is 0 Å². The Balaban J connectivity index is 2.18. The van der Waals surface area contributed by atoms with E-state index in [4.69, 9.17) is 0 Å². The van der Waals surface area contributed by atoms with E-state index in [1.807, 2.05) is 10.9 Å². The number of hydrogen-bond donors (Lipinski definition) is 1. The molecule has 0 atom stereocenters. The molecule has 16 heavy (non-hydrogen) atoms. The van der Waals surface area contributed by atoms with Crippen molar-refractivity contribution in [2.75, 3.05) is 5.32 Å². The number of aromatic nitrogens is 4. The summed E-state index contributed by atoms with van der Waals surface area (Å²) in [5, 5.41) is 7.46. The first-order valence-corrected chi connectivity index (χ1v) is 6.01. The van der Waals surface area contributed by atoms with E-state index < -0.39 is 0 Å². The van der Waals surface area contributed by atoms with Gasteiger partial charge in [0.05, 0.1) is 15.5 Å². The van der Waals surface area contributed by atoms with Crippen molar-refractivity contribution < 1.29 is 0 Å². The Morgan fingerprint density at radius 2 is 2.19 bits per heavy atom. The van der Waals surface area contributed by atoms with Crippen molar-refractivity contribution in [3.63, 3.8) is 0 Å². The topological polar surface area (TPSA) is 55.6 Å².